The quantitative estimate of drug-likeness (QED) is 0.684. The van der Waals surface area contributed by atoms with E-state index in [0.717, 1.165) is 18.5 Å². The molecule has 2 aliphatic rings. The van der Waals surface area contributed by atoms with Gasteiger partial charge in [-0.25, -0.2) is 13.8 Å². The third-order valence-electron chi connectivity index (χ3n) is 6.09. The maximum Gasteiger partial charge on any atom is 0.253 e. The fraction of sp³-hybridized carbons (Fsp3) is 0.250. The van der Waals surface area contributed by atoms with Crippen molar-refractivity contribution in [2.24, 2.45) is 0 Å². The first-order chi connectivity index (χ1) is 15.4. The highest BCUT2D eigenvalue weighted by molar-refractivity contribution is 5.99. The summed E-state index contributed by atoms with van der Waals surface area (Å²) in [5.41, 5.74) is 2.94. The summed E-state index contributed by atoms with van der Waals surface area (Å²) in [6.07, 6.45) is 2.74. The number of nitrogens with one attached hydrogen (secondary N) is 1. The van der Waals surface area contributed by atoms with Crippen LogP contribution in [0.4, 0.5) is 8.78 Å². The largest absolute Gasteiger partial charge is 0.346 e. The van der Waals surface area contributed by atoms with Crippen LogP contribution in [0.1, 0.15) is 45.2 Å². The van der Waals surface area contributed by atoms with Gasteiger partial charge in [-0.2, -0.15) is 0 Å². The fourth-order valence-corrected chi connectivity index (χ4v) is 4.40. The first-order valence-corrected chi connectivity index (χ1v) is 10.4. The van der Waals surface area contributed by atoms with Gasteiger partial charge >= 0.3 is 0 Å². The second-order valence-electron chi connectivity index (χ2n) is 8.13. The molecule has 1 saturated heterocycles. The predicted molar refractivity (Wildman–Crippen MR) is 113 cm³/mol. The predicted octanol–water partition coefficient (Wildman–Crippen LogP) is 3.20. The minimum Gasteiger partial charge on any atom is -0.346 e. The van der Waals surface area contributed by atoms with Gasteiger partial charge in [-0.1, -0.05) is 12.1 Å². The van der Waals surface area contributed by atoms with E-state index in [1.165, 1.54) is 18.2 Å². The van der Waals surface area contributed by atoms with Crippen molar-refractivity contribution in [3.63, 3.8) is 0 Å². The van der Waals surface area contributed by atoms with Crippen LogP contribution in [0.25, 0.3) is 11.3 Å². The Morgan fingerprint density at radius 3 is 2.56 bits per heavy atom. The van der Waals surface area contributed by atoms with E-state index >= 15 is 0 Å². The number of halogens is 2. The summed E-state index contributed by atoms with van der Waals surface area (Å²) in [5.74, 6) is -1.80. The van der Waals surface area contributed by atoms with E-state index < -0.39 is 11.6 Å². The summed E-state index contributed by atoms with van der Waals surface area (Å²) in [6, 6.07) is 8.91. The Morgan fingerprint density at radius 1 is 1.12 bits per heavy atom. The van der Waals surface area contributed by atoms with Crippen LogP contribution >= 0.6 is 0 Å². The lowest BCUT2D eigenvalue weighted by atomic mass is 9.97. The Bertz CT molecular complexity index is 1220. The van der Waals surface area contributed by atoms with Gasteiger partial charge in [0.25, 0.3) is 5.91 Å². The second kappa shape index (κ2) is 7.78. The molecule has 0 unspecified atom stereocenters. The molecule has 0 spiro atoms. The average molecular weight is 434 g/mol. The Morgan fingerprint density at radius 2 is 1.91 bits per heavy atom. The molecule has 0 bridgehead atoms. The normalized spacial score (nSPS) is 17.6. The van der Waals surface area contributed by atoms with E-state index in [4.69, 9.17) is 0 Å². The van der Waals surface area contributed by atoms with Crippen LogP contribution in [0.5, 0.6) is 0 Å². The smallest absolute Gasteiger partial charge is 0.253 e. The van der Waals surface area contributed by atoms with Gasteiger partial charge in [-0.3, -0.25) is 14.6 Å². The molecular formula is C24H20F2N4O2. The van der Waals surface area contributed by atoms with Gasteiger partial charge in [0.1, 0.15) is 11.6 Å². The lowest BCUT2D eigenvalue weighted by Crippen LogP contribution is -2.21. The van der Waals surface area contributed by atoms with E-state index in [1.807, 2.05) is 12.1 Å². The highest BCUT2D eigenvalue weighted by Crippen LogP contribution is 2.31. The van der Waals surface area contributed by atoms with E-state index in [9.17, 15) is 18.4 Å². The summed E-state index contributed by atoms with van der Waals surface area (Å²) in [7, 11) is 1.79. The summed E-state index contributed by atoms with van der Waals surface area (Å²) >= 11 is 0. The summed E-state index contributed by atoms with van der Waals surface area (Å²) in [4.78, 5) is 35.2. The SMILES string of the molecule is CN1CC[C@@H](c2ccc(Cc3cc(-c4c(F)cccc4F)nc4c3C(=O)NC4)nc2)C1=O. The van der Waals surface area contributed by atoms with Gasteiger partial charge in [0.05, 0.1) is 35.0 Å². The average Bonchev–Trinajstić information content (AvgIpc) is 3.31. The Labute approximate surface area is 183 Å². The molecule has 162 valence electrons. The van der Waals surface area contributed by atoms with Crippen molar-refractivity contribution in [3.05, 3.63) is 82.3 Å². The number of hydrogen-bond acceptors (Lipinski definition) is 4. The number of rotatable bonds is 4. The van der Waals surface area contributed by atoms with Gasteiger partial charge in [0.15, 0.2) is 0 Å². The zero-order valence-electron chi connectivity index (χ0n) is 17.4. The highest BCUT2D eigenvalue weighted by atomic mass is 19.1. The summed E-state index contributed by atoms with van der Waals surface area (Å²) in [6.45, 7) is 0.924. The van der Waals surface area contributed by atoms with Crippen molar-refractivity contribution in [2.45, 2.75) is 25.3 Å². The number of hydrogen-bond donors (Lipinski definition) is 1. The molecule has 2 aliphatic heterocycles. The van der Waals surface area contributed by atoms with Crippen molar-refractivity contribution in [1.82, 2.24) is 20.2 Å². The topological polar surface area (TPSA) is 75.2 Å². The van der Waals surface area contributed by atoms with E-state index in [0.29, 0.717) is 28.9 Å². The minimum atomic E-state index is -0.714. The lowest BCUT2D eigenvalue weighted by Gasteiger charge is -2.12. The number of aromatic nitrogens is 2. The summed E-state index contributed by atoms with van der Waals surface area (Å²) in [5, 5.41) is 2.72. The van der Waals surface area contributed by atoms with Crippen molar-refractivity contribution in [3.8, 4) is 11.3 Å². The Balaban J connectivity index is 1.50. The van der Waals surface area contributed by atoms with Crippen LogP contribution < -0.4 is 5.32 Å². The van der Waals surface area contributed by atoms with E-state index in [-0.39, 0.29) is 35.5 Å². The Hall–Kier alpha value is -3.68. The van der Waals surface area contributed by atoms with Gasteiger partial charge in [-0.15, -0.1) is 0 Å². The Kier molecular flexibility index (Phi) is 4.92. The molecule has 8 heteroatoms. The van der Waals surface area contributed by atoms with Crippen LogP contribution in [0.15, 0.2) is 42.6 Å². The molecule has 6 nitrogen and oxygen atoms in total. The molecule has 2 amide bonds. The zero-order valence-corrected chi connectivity index (χ0v) is 17.4. The molecule has 1 fully saturated rings. The number of nitrogens with zero attached hydrogens (tertiary/aromatic N) is 3. The molecule has 4 heterocycles. The number of pyridine rings is 2. The number of amides is 2. The van der Waals surface area contributed by atoms with Gasteiger partial charge in [0.2, 0.25) is 5.91 Å². The van der Waals surface area contributed by atoms with Gasteiger partial charge in [-0.05, 0) is 41.8 Å². The maximum absolute atomic E-state index is 14.4. The standard InChI is InChI=1S/C24H20F2N4O2/c1-30-8-7-16(24(30)32)13-5-6-15(27-11-13)9-14-10-19(22-17(25)3-2-4-18(22)26)29-20-12-28-23(31)21(14)20/h2-6,10-11,16H,7-9,12H2,1H3,(H,28,31)/t16-/m0/s1. The molecule has 1 N–H and O–H groups in total. The molecule has 0 aliphatic carbocycles. The molecule has 1 aromatic carbocycles. The number of likely N-dealkylation sites (tertiary alicyclic amines) is 1. The molecule has 0 radical (unpaired) electrons. The highest BCUT2D eigenvalue weighted by Gasteiger charge is 2.31. The van der Waals surface area contributed by atoms with Crippen LogP contribution in [0, 0.1) is 11.6 Å². The molecular weight excluding hydrogens is 414 g/mol. The van der Waals surface area contributed by atoms with Crippen molar-refractivity contribution < 1.29 is 18.4 Å². The second-order valence-corrected chi connectivity index (χ2v) is 8.13. The minimum absolute atomic E-state index is 0.0831. The first kappa shape index (κ1) is 20.2. The first-order valence-electron chi connectivity index (χ1n) is 10.4. The van der Waals surface area contributed by atoms with Gasteiger partial charge < -0.3 is 10.2 Å². The molecule has 0 saturated carbocycles. The van der Waals surface area contributed by atoms with Crippen LogP contribution in [-0.2, 0) is 17.8 Å². The molecule has 32 heavy (non-hydrogen) atoms. The molecule has 3 aromatic rings. The number of carbonyl (C=O) groups is 2. The molecule has 2 aromatic heterocycles. The molecule has 5 rings (SSSR count). The third kappa shape index (κ3) is 3.41. The van der Waals surface area contributed by atoms with Crippen molar-refractivity contribution in [1.29, 1.82) is 0 Å². The van der Waals surface area contributed by atoms with Crippen molar-refractivity contribution >= 4 is 11.8 Å². The van der Waals surface area contributed by atoms with E-state index in [1.54, 1.807) is 24.2 Å². The lowest BCUT2D eigenvalue weighted by molar-refractivity contribution is -0.127. The van der Waals surface area contributed by atoms with Crippen LogP contribution in [0.3, 0.4) is 0 Å². The van der Waals surface area contributed by atoms with Crippen molar-refractivity contribution in [2.75, 3.05) is 13.6 Å². The van der Waals surface area contributed by atoms with Gasteiger partial charge in [0, 0.05) is 31.9 Å². The van der Waals surface area contributed by atoms with E-state index in [2.05, 4.69) is 15.3 Å². The third-order valence-corrected chi connectivity index (χ3v) is 6.09. The van der Waals surface area contributed by atoms with Crippen LogP contribution in [0.2, 0.25) is 0 Å². The summed E-state index contributed by atoms with van der Waals surface area (Å²) < 4.78 is 28.7. The van der Waals surface area contributed by atoms with Crippen LogP contribution in [-0.4, -0.2) is 40.3 Å². The number of benzene rings is 1. The number of fused-ring (bicyclic) bond motifs is 1. The number of likely N-dealkylation sites (N-methyl/N-ethyl adjacent to an activating group) is 1. The zero-order chi connectivity index (χ0) is 22.4. The molecule has 1 atom stereocenters. The fourth-order valence-electron chi connectivity index (χ4n) is 4.40. The monoisotopic (exact) mass is 434 g/mol. The maximum atomic E-state index is 14.4. The number of carbonyl (C=O) groups excluding carboxylic acids is 2.